The number of benzene rings is 9. The summed E-state index contributed by atoms with van der Waals surface area (Å²) in [6.45, 7) is 0.679. The van der Waals surface area contributed by atoms with Gasteiger partial charge in [0.25, 0.3) is 0 Å². The molecule has 0 unspecified atom stereocenters. The molecule has 0 bridgehead atoms. The van der Waals surface area contributed by atoms with Gasteiger partial charge in [0.2, 0.25) is 0 Å². The Balaban J connectivity index is 1.15. The van der Waals surface area contributed by atoms with E-state index in [1.807, 2.05) is 11.3 Å². The fourth-order valence-electron chi connectivity index (χ4n) is 10.1. The molecule has 9 aromatic carbocycles. The van der Waals surface area contributed by atoms with Gasteiger partial charge in [-0.15, -0.1) is 11.3 Å². The number of rotatable bonds is 7. The van der Waals surface area contributed by atoms with Gasteiger partial charge in [-0.05, 0) is 91.2 Å². The molecule has 288 valence electrons. The predicted octanol–water partition coefficient (Wildman–Crippen LogP) is 15.4. The zero-order chi connectivity index (χ0) is 40.3. The van der Waals surface area contributed by atoms with Gasteiger partial charge in [0.15, 0.2) is 0 Å². The Morgan fingerprint density at radius 3 is 1.79 bits per heavy atom. The lowest BCUT2D eigenvalue weighted by Crippen LogP contribution is -2.29. The van der Waals surface area contributed by atoms with Crippen LogP contribution in [0.2, 0.25) is 0 Å². The van der Waals surface area contributed by atoms with E-state index in [1.54, 1.807) is 0 Å². The Hall–Kier alpha value is -7.46. The monoisotopic (exact) mass is 796 g/mol. The van der Waals surface area contributed by atoms with Crippen molar-refractivity contribution in [2.45, 2.75) is 5.41 Å². The first-order chi connectivity index (χ1) is 30.3. The summed E-state index contributed by atoms with van der Waals surface area (Å²) >= 11 is 1.86. The maximum atomic E-state index is 3.92. The summed E-state index contributed by atoms with van der Waals surface area (Å²) in [4.78, 5) is 2.52. The third-order valence-electron chi connectivity index (χ3n) is 12.8. The summed E-state index contributed by atoms with van der Waals surface area (Å²) in [5.41, 5.74) is 16.6. The van der Waals surface area contributed by atoms with Gasteiger partial charge in [0.1, 0.15) is 0 Å². The summed E-state index contributed by atoms with van der Waals surface area (Å²) in [5.74, 6) is 0. The van der Waals surface area contributed by atoms with Crippen LogP contribution < -0.4 is 10.2 Å². The second-order valence-corrected chi connectivity index (χ2v) is 17.1. The van der Waals surface area contributed by atoms with Gasteiger partial charge < -0.3 is 10.2 Å². The van der Waals surface area contributed by atoms with Crippen molar-refractivity contribution in [3.05, 3.63) is 252 Å². The lowest BCUT2D eigenvalue weighted by Gasteiger charge is -2.36. The Labute approximate surface area is 360 Å². The van der Waals surface area contributed by atoms with E-state index in [4.69, 9.17) is 0 Å². The molecular weight excluding hydrogens is 757 g/mol. The van der Waals surface area contributed by atoms with E-state index in [9.17, 15) is 0 Å². The van der Waals surface area contributed by atoms with E-state index in [1.165, 1.54) is 92.8 Å². The Morgan fingerprint density at radius 2 is 1.07 bits per heavy atom. The number of anilines is 3. The van der Waals surface area contributed by atoms with Gasteiger partial charge >= 0.3 is 0 Å². The molecule has 2 heterocycles. The molecule has 1 aliphatic carbocycles. The third-order valence-corrected chi connectivity index (χ3v) is 14.0. The van der Waals surface area contributed by atoms with Gasteiger partial charge in [-0.2, -0.15) is 0 Å². The topological polar surface area (TPSA) is 15.3 Å². The smallest absolute Gasteiger partial charge is 0.0972 e. The van der Waals surface area contributed by atoms with Gasteiger partial charge in [-0.1, -0.05) is 194 Å². The number of nitrogens with zero attached hydrogens (tertiary/aromatic N) is 1. The molecular formula is C58H40N2S. The molecule has 2 aliphatic rings. The van der Waals surface area contributed by atoms with Crippen LogP contribution in [0.5, 0.6) is 0 Å². The number of fused-ring (bicyclic) bond motifs is 8. The molecule has 0 spiro atoms. The highest BCUT2D eigenvalue weighted by Gasteiger charge is 2.47. The maximum absolute atomic E-state index is 3.92. The zero-order valence-electron chi connectivity index (χ0n) is 33.4. The Morgan fingerprint density at radius 1 is 0.459 bits per heavy atom. The largest absolute Gasteiger partial charge is 0.371 e. The molecule has 1 aromatic heterocycles. The SMILES string of the molecule is C1=C(N(c2ccc(-c3ccccc3)cc2)c2cc3c(cc2-c2ccccc2)C(c2ccccc2)(c2ccccc2)c2ccccc2-3)CNc2sc3c(ccc4ccccc43)c21. The molecule has 0 atom stereocenters. The molecule has 3 heteroatoms. The molecule has 1 N–H and O–H groups in total. The minimum absolute atomic E-state index is 0.516. The van der Waals surface area contributed by atoms with E-state index in [0.29, 0.717) is 6.54 Å². The minimum Gasteiger partial charge on any atom is -0.371 e. The molecule has 2 nitrogen and oxygen atoms in total. The molecule has 0 amide bonds. The first-order valence-corrected chi connectivity index (χ1v) is 21.9. The van der Waals surface area contributed by atoms with Crippen LogP contribution in [0.25, 0.3) is 60.3 Å². The summed E-state index contributed by atoms with van der Waals surface area (Å²) in [7, 11) is 0. The van der Waals surface area contributed by atoms with E-state index in [2.05, 4.69) is 235 Å². The van der Waals surface area contributed by atoms with Crippen molar-refractivity contribution in [3.63, 3.8) is 0 Å². The van der Waals surface area contributed by atoms with Gasteiger partial charge in [0, 0.05) is 32.6 Å². The predicted molar refractivity (Wildman–Crippen MR) is 259 cm³/mol. The number of thiophene rings is 1. The lowest BCUT2D eigenvalue weighted by atomic mass is 9.67. The van der Waals surface area contributed by atoms with Crippen molar-refractivity contribution in [2.75, 3.05) is 16.8 Å². The average molecular weight is 797 g/mol. The van der Waals surface area contributed by atoms with Crippen molar-refractivity contribution in [2.24, 2.45) is 0 Å². The van der Waals surface area contributed by atoms with Crippen molar-refractivity contribution in [1.29, 1.82) is 0 Å². The fourth-order valence-corrected chi connectivity index (χ4v) is 11.3. The van der Waals surface area contributed by atoms with Gasteiger partial charge in [-0.3, -0.25) is 0 Å². The number of hydrogen-bond acceptors (Lipinski definition) is 3. The average Bonchev–Trinajstić information content (AvgIpc) is 3.86. The lowest BCUT2D eigenvalue weighted by molar-refractivity contribution is 0.768. The van der Waals surface area contributed by atoms with Crippen LogP contribution in [0.1, 0.15) is 27.8 Å². The van der Waals surface area contributed by atoms with Crippen molar-refractivity contribution < 1.29 is 0 Å². The normalized spacial score (nSPS) is 13.5. The Kier molecular flexibility index (Phi) is 8.36. The van der Waals surface area contributed by atoms with Crippen LogP contribution in [0, 0.1) is 0 Å². The standard InChI is InChI=1S/C58H40N2S/c1-5-17-39(18-6-1)40-29-32-45(33-30-40)60(46-35-52-49-34-31-42-21-13-14-26-47(42)56(49)61-57(52)59-38-46)55-37-51-48-27-15-16-28-53(48)58(43-22-9-3-10-23-43,44-24-11-4-12-25-44)54(51)36-50(55)41-19-7-2-8-20-41/h1-37,59H,38H2. The third kappa shape index (κ3) is 5.62. The number of hydrogen-bond donors (Lipinski definition) is 1. The van der Waals surface area contributed by atoms with E-state index in [-0.39, 0.29) is 0 Å². The zero-order valence-corrected chi connectivity index (χ0v) is 34.2. The first kappa shape index (κ1) is 35.5. The summed E-state index contributed by atoms with van der Waals surface area (Å²) < 4.78 is 1.32. The van der Waals surface area contributed by atoms with Crippen molar-refractivity contribution in [1.82, 2.24) is 0 Å². The van der Waals surface area contributed by atoms with Crippen LogP contribution in [-0.4, -0.2) is 6.54 Å². The molecule has 10 aromatic rings. The molecule has 12 rings (SSSR count). The maximum Gasteiger partial charge on any atom is 0.0972 e. The molecule has 0 fully saturated rings. The molecule has 61 heavy (non-hydrogen) atoms. The highest BCUT2D eigenvalue weighted by Crippen LogP contribution is 2.59. The van der Waals surface area contributed by atoms with Crippen LogP contribution >= 0.6 is 11.3 Å². The quantitative estimate of drug-likeness (QED) is 0.173. The molecule has 0 saturated heterocycles. The summed E-state index contributed by atoms with van der Waals surface area (Å²) in [6.07, 6.45) is 2.44. The van der Waals surface area contributed by atoms with E-state index in [0.717, 1.165) is 11.4 Å². The van der Waals surface area contributed by atoms with Crippen LogP contribution in [0.15, 0.2) is 224 Å². The van der Waals surface area contributed by atoms with Crippen molar-refractivity contribution in [3.8, 4) is 33.4 Å². The summed E-state index contributed by atoms with van der Waals surface area (Å²) in [6, 6.07) is 80.4. The summed E-state index contributed by atoms with van der Waals surface area (Å²) in [5, 5.41) is 8.99. The highest BCUT2D eigenvalue weighted by atomic mass is 32.1. The Bertz CT molecular complexity index is 3240. The van der Waals surface area contributed by atoms with Crippen LogP contribution in [0.4, 0.5) is 16.4 Å². The molecule has 1 aliphatic heterocycles. The van der Waals surface area contributed by atoms with Gasteiger partial charge in [-0.25, -0.2) is 0 Å². The first-order valence-electron chi connectivity index (χ1n) is 21.0. The molecule has 0 radical (unpaired) electrons. The second-order valence-electron chi connectivity index (χ2n) is 16.1. The number of nitrogens with one attached hydrogen (secondary N) is 1. The fraction of sp³-hybridized carbons (Fsp3) is 0.0345. The second kappa shape index (κ2) is 14.4. The van der Waals surface area contributed by atoms with E-state index >= 15 is 0 Å². The van der Waals surface area contributed by atoms with E-state index < -0.39 is 5.41 Å². The highest BCUT2D eigenvalue weighted by molar-refractivity contribution is 7.24. The van der Waals surface area contributed by atoms with Gasteiger partial charge in [0.05, 0.1) is 22.6 Å². The van der Waals surface area contributed by atoms with Crippen LogP contribution in [0.3, 0.4) is 0 Å². The van der Waals surface area contributed by atoms with Crippen LogP contribution in [-0.2, 0) is 5.41 Å². The minimum atomic E-state index is -0.516. The van der Waals surface area contributed by atoms with Crippen molar-refractivity contribution >= 4 is 54.6 Å². The molecule has 0 saturated carbocycles.